The molecule has 2 heterocycles. The van der Waals surface area contributed by atoms with E-state index in [-0.39, 0.29) is 17.9 Å². The Labute approximate surface area is 167 Å². The molecule has 0 bridgehead atoms. The lowest BCUT2D eigenvalue weighted by Gasteiger charge is -2.26. The maximum atomic E-state index is 12.4. The maximum Gasteiger partial charge on any atom is 0.223 e. The van der Waals surface area contributed by atoms with Crippen LogP contribution < -0.4 is 10.1 Å². The number of hydrogen-bond donors (Lipinski definition) is 1. The maximum absolute atomic E-state index is 12.4. The number of carbonyl (C=O) groups excluding carboxylic acids is 1. The lowest BCUT2D eigenvalue weighted by atomic mass is 9.92. The zero-order chi connectivity index (χ0) is 20.3. The minimum atomic E-state index is 0.0758. The van der Waals surface area contributed by atoms with Crippen LogP contribution in [0.1, 0.15) is 35.0 Å². The first-order valence-corrected chi connectivity index (χ1v) is 9.70. The summed E-state index contributed by atoms with van der Waals surface area (Å²) in [5.74, 6) is 1.30. The van der Waals surface area contributed by atoms with Gasteiger partial charge >= 0.3 is 0 Å². The minimum Gasteiger partial charge on any atom is -0.496 e. The normalized spacial score (nSPS) is 19.8. The molecule has 1 saturated heterocycles. The molecule has 2 atom stereocenters. The fraction of sp³-hybridized carbons (Fsp3) is 0.455. The summed E-state index contributed by atoms with van der Waals surface area (Å²) >= 11 is 0. The molecule has 0 radical (unpaired) electrons. The molecule has 0 saturated carbocycles. The van der Waals surface area contributed by atoms with Crippen LogP contribution in [0.3, 0.4) is 0 Å². The Bertz CT molecular complexity index is 871. The van der Waals surface area contributed by atoms with Crippen molar-refractivity contribution in [2.45, 2.75) is 26.3 Å². The summed E-state index contributed by atoms with van der Waals surface area (Å²) in [5, 5.41) is 8.03. The highest BCUT2D eigenvalue weighted by atomic mass is 16.5. The van der Waals surface area contributed by atoms with Crippen LogP contribution in [-0.4, -0.2) is 47.8 Å². The van der Waals surface area contributed by atoms with Crippen molar-refractivity contribution in [3.8, 4) is 5.75 Å². The van der Waals surface area contributed by atoms with Crippen LogP contribution in [0.5, 0.6) is 5.75 Å². The molecular formula is C22H30N4O2. The molecule has 1 aromatic heterocycles. The van der Waals surface area contributed by atoms with E-state index in [2.05, 4.69) is 29.5 Å². The standard InChI is InChI=1S/C22H30N4O2/c1-15-21(16(2)26(4)24-15)22-18(13-20(27)25(22)3)14-23-12-8-10-17-9-6-7-11-19(17)28-5/h6-11,18,22-23H,12-14H2,1-5H3/b10-8+/t18-,22+/m0/s1. The van der Waals surface area contributed by atoms with Gasteiger partial charge in [-0.2, -0.15) is 5.10 Å². The largest absolute Gasteiger partial charge is 0.496 e. The third-order valence-electron chi connectivity index (χ3n) is 5.66. The Balaban J connectivity index is 1.64. The van der Waals surface area contributed by atoms with Crippen LogP contribution in [0.25, 0.3) is 6.08 Å². The van der Waals surface area contributed by atoms with Gasteiger partial charge in [0.15, 0.2) is 0 Å². The molecule has 0 aliphatic carbocycles. The molecule has 1 aromatic carbocycles. The van der Waals surface area contributed by atoms with Crippen molar-refractivity contribution in [2.75, 3.05) is 27.2 Å². The number of benzene rings is 1. The molecule has 6 heteroatoms. The molecule has 1 aliphatic heterocycles. The zero-order valence-corrected chi connectivity index (χ0v) is 17.4. The highest BCUT2D eigenvalue weighted by Crippen LogP contribution is 2.39. The van der Waals surface area contributed by atoms with Crippen molar-refractivity contribution in [1.29, 1.82) is 0 Å². The van der Waals surface area contributed by atoms with Gasteiger partial charge in [0.05, 0.1) is 18.8 Å². The highest BCUT2D eigenvalue weighted by molar-refractivity contribution is 5.79. The second-order valence-corrected chi connectivity index (χ2v) is 7.42. The molecule has 0 unspecified atom stereocenters. The number of amides is 1. The van der Waals surface area contributed by atoms with E-state index in [0.29, 0.717) is 6.42 Å². The van der Waals surface area contributed by atoms with Gasteiger partial charge < -0.3 is 15.0 Å². The van der Waals surface area contributed by atoms with Crippen molar-refractivity contribution in [3.63, 3.8) is 0 Å². The van der Waals surface area contributed by atoms with E-state index in [4.69, 9.17) is 4.74 Å². The van der Waals surface area contributed by atoms with Gasteiger partial charge in [-0.1, -0.05) is 30.4 Å². The lowest BCUT2D eigenvalue weighted by Crippen LogP contribution is -2.30. The average molecular weight is 383 g/mol. The molecular weight excluding hydrogens is 352 g/mol. The van der Waals surface area contributed by atoms with Gasteiger partial charge in [-0.25, -0.2) is 0 Å². The van der Waals surface area contributed by atoms with Crippen molar-refractivity contribution >= 4 is 12.0 Å². The predicted molar refractivity (Wildman–Crippen MR) is 111 cm³/mol. The summed E-state index contributed by atoms with van der Waals surface area (Å²) in [5.41, 5.74) is 4.38. The monoisotopic (exact) mass is 382 g/mol. The Morgan fingerprint density at radius 2 is 2.04 bits per heavy atom. The number of nitrogens with one attached hydrogen (secondary N) is 1. The first-order chi connectivity index (χ1) is 13.4. The van der Waals surface area contributed by atoms with Crippen LogP contribution in [0.15, 0.2) is 30.3 Å². The zero-order valence-electron chi connectivity index (χ0n) is 17.4. The van der Waals surface area contributed by atoms with Gasteiger partial charge in [0.2, 0.25) is 5.91 Å². The van der Waals surface area contributed by atoms with Crippen LogP contribution in [0.2, 0.25) is 0 Å². The van der Waals surface area contributed by atoms with Gasteiger partial charge in [0, 0.05) is 56.3 Å². The van der Waals surface area contributed by atoms with E-state index in [1.54, 1.807) is 7.11 Å². The van der Waals surface area contributed by atoms with E-state index in [9.17, 15) is 4.79 Å². The molecule has 2 aromatic rings. The van der Waals surface area contributed by atoms with Crippen molar-refractivity contribution < 1.29 is 9.53 Å². The second kappa shape index (κ2) is 8.61. The Hall–Kier alpha value is -2.60. The molecule has 1 N–H and O–H groups in total. The van der Waals surface area contributed by atoms with Gasteiger partial charge in [0.25, 0.3) is 0 Å². The first kappa shape index (κ1) is 20.1. The molecule has 1 aliphatic rings. The van der Waals surface area contributed by atoms with E-state index >= 15 is 0 Å². The summed E-state index contributed by atoms with van der Waals surface area (Å²) in [4.78, 5) is 14.3. The Morgan fingerprint density at radius 3 is 2.71 bits per heavy atom. The topological polar surface area (TPSA) is 59.4 Å². The number of aryl methyl sites for hydroxylation is 2. The number of ether oxygens (including phenoxy) is 1. The summed E-state index contributed by atoms with van der Waals surface area (Å²) < 4.78 is 7.28. The molecule has 6 nitrogen and oxygen atoms in total. The fourth-order valence-corrected chi connectivity index (χ4v) is 4.12. The number of hydrogen-bond acceptors (Lipinski definition) is 4. The number of rotatable bonds is 7. The SMILES string of the molecule is COc1ccccc1/C=C/CNC[C@@H]1CC(=O)N(C)[C@H]1c1c(C)nn(C)c1C. The first-order valence-electron chi connectivity index (χ1n) is 9.70. The highest BCUT2D eigenvalue weighted by Gasteiger charge is 2.40. The van der Waals surface area contributed by atoms with Crippen LogP contribution in [0, 0.1) is 19.8 Å². The van der Waals surface area contributed by atoms with Crippen molar-refractivity contribution in [1.82, 2.24) is 20.0 Å². The van der Waals surface area contributed by atoms with Crippen LogP contribution in [0.4, 0.5) is 0 Å². The molecule has 28 heavy (non-hydrogen) atoms. The van der Waals surface area contributed by atoms with Gasteiger partial charge in [0.1, 0.15) is 5.75 Å². The van der Waals surface area contributed by atoms with Gasteiger partial charge in [-0.15, -0.1) is 0 Å². The van der Waals surface area contributed by atoms with E-state index < -0.39 is 0 Å². The third kappa shape index (κ3) is 3.97. The molecule has 1 fully saturated rings. The average Bonchev–Trinajstić information content (AvgIpc) is 3.09. The number of aromatic nitrogens is 2. The third-order valence-corrected chi connectivity index (χ3v) is 5.66. The number of methoxy groups -OCH3 is 1. The van der Waals surface area contributed by atoms with Crippen molar-refractivity contribution in [3.05, 3.63) is 52.9 Å². The van der Waals surface area contributed by atoms with Crippen LogP contribution >= 0.6 is 0 Å². The van der Waals surface area contributed by atoms with E-state index in [1.165, 1.54) is 5.56 Å². The number of para-hydroxylation sites is 1. The fourth-order valence-electron chi connectivity index (χ4n) is 4.12. The quantitative estimate of drug-likeness (QED) is 0.748. The van der Waals surface area contributed by atoms with Crippen LogP contribution in [-0.2, 0) is 11.8 Å². The Kier molecular flexibility index (Phi) is 6.19. The summed E-state index contributed by atoms with van der Waals surface area (Å²) in [6.07, 6.45) is 4.72. The number of likely N-dealkylation sites (tertiary alicyclic amines) is 1. The minimum absolute atomic E-state index is 0.0758. The molecule has 1 amide bonds. The van der Waals surface area contributed by atoms with E-state index in [1.807, 2.05) is 54.9 Å². The second-order valence-electron chi connectivity index (χ2n) is 7.42. The molecule has 0 spiro atoms. The van der Waals surface area contributed by atoms with E-state index in [0.717, 1.165) is 35.8 Å². The summed E-state index contributed by atoms with van der Waals surface area (Å²) in [6, 6.07) is 8.02. The summed E-state index contributed by atoms with van der Waals surface area (Å²) in [6.45, 7) is 5.63. The predicted octanol–water partition coefficient (Wildman–Crippen LogP) is 2.87. The molecule has 150 valence electrons. The van der Waals surface area contributed by atoms with Gasteiger partial charge in [-0.05, 0) is 19.9 Å². The molecule has 3 rings (SSSR count). The Morgan fingerprint density at radius 1 is 1.29 bits per heavy atom. The number of carbonyl (C=O) groups is 1. The van der Waals surface area contributed by atoms with Gasteiger partial charge in [-0.3, -0.25) is 9.48 Å². The smallest absolute Gasteiger partial charge is 0.223 e. The lowest BCUT2D eigenvalue weighted by molar-refractivity contribution is -0.127. The van der Waals surface area contributed by atoms with Crippen molar-refractivity contribution in [2.24, 2.45) is 13.0 Å². The summed E-state index contributed by atoms with van der Waals surface area (Å²) in [7, 11) is 5.54. The number of nitrogens with zero attached hydrogens (tertiary/aromatic N) is 3.